The van der Waals surface area contributed by atoms with E-state index in [0.29, 0.717) is 22.7 Å². The number of hydrogen-bond acceptors (Lipinski definition) is 4. The average Bonchev–Trinajstić information content (AvgIpc) is 2.95. The monoisotopic (exact) mass is 569 g/mol. The van der Waals surface area contributed by atoms with Gasteiger partial charge in [-0.05, 0) is 62.1 Å². The van der Waals surface area contributed by atoms with Gasteiger partial charge in [-0.3, -0.25) is 13.9 Å². The number of hydrogen-bond donors (Lipinski definition) is 1. The summed E-state index contributed by atoms with van der Waals surface area (Å²) in [5.74, 6) is -0.844. The average molecular weight is 570 g/mol. The Labute approximate surface area is 236 Å². The highest BCUT2D eigenvalue weighted by molar-refractivity contribution is 7.92. The molecule has 2 atom stereocenters. The summed E-state index contributed by atoms with van der Waals surface area (Å²) in [7, 11) is -4.11. The van der Waals surface area contributed by atoms with E-state index in [-0.39, 0.29) is 23.4 Å². The Morgan fingerprint density at radius 3 is 2.08 bits per heavy atom. The number of halogens is 1. The number of rotatable bonds is 12. The Bertz CT molecular complexity index is 1380. The van der Waals surface area contributed by atoms with Gasteiger partial charge < -0.3 is 10.2 Å². The summed E-state index contributed by atoms with van der Waals surface area (Å²) in [4.78, 5) is 28.6. The van der Waals surface area contributed by atoms with Crippen molar-refractivity contribution >= 4 is 39.1 Å². The summed E-state index contributed by atoms with van der Waals surface area (Å²) in [5, 5.41) is 3.38. The van der Waals surface area contributed by atoms with E-state index in [1.165, 1.54) is 17.0 Å². The highest BCUT2D eigenvalue weighted by Crippen LogP contribution is 2.28. The molecular formula is C30H36ClN3O4S. The van der Waals surface area contributed by atoms with Crippen molar-refractivity contribution in [2.45, 2.75) is 64.1 Å². The Balaban J connectivity index is 2.06. The van der Waals surface area contributed by atoms with Gasteiger partial charge in [-0.15, -0.1) is 0 Å². The summed E-state index contributed by atoms with van der Waals surface area (Å²) in [6.45, 7) is 6.98. The van der Waals surface area contributed by atoms with E-state index >= 15 is 0 Å². The molecule has 3 aromatic carbocycles. The predicted octanol–water partition coefficient (Wildman–Crippen LogP) is 5.43. The van der Waals surface area contributed by atoms with Gasteiger partial charge in [0.15, 0.2) is 0 Å². The van der Waals surface area contributed by atoms with Crippen molar-refractivity contribution in [3.63, 3.8) is 0 Å². The zero-order chi connectivity index (χ0) is 28.6. The number of amides is 2. The number of aryl methyl sites for hydroxylation is 1. The van der Waals surface area contributed by atoms with E-state index in [0.717, 1.165) is 16.3 Å². The molecule has 0 spiro atoms. The normalized spacial score (nSPS) is 12.8. The summed E-state index contributed by atoms with van der Waals surface area (Å²) < 4.78 is 29.0. The minimum atomic E-state index is -4.11. The van der Waals surface area contributed by atoms with Crippen LogP contribution in [0.25, 0.3) is 0 Å². The molecule has 0 aromatic heterocycles. The van der Waals surface area contributed by atoms with Gasteiger partial charge in [0.25, 0.3) is 10.0 Å². The first-order valence-electron chi connectivity index (χ1n) is 13.1. The largest absolute Gasteiger partial charge is 0.352 e. The van der Waals surface area contributed by atoms with Crippen LogP contribution in [0.3, 0.4) is 0 Å². The highest BCUT2D eigenvalue weighted by Gasteiger charge is 2.33. The molecule has 0 saturated heterocycles. The fourth-order valence-corrected chi connectivity index (χ4v) is 5.81. The molecule has 0 bridgehead atoms. The molecule has 0 unspecified atom stereocenters. The van der Waals surface area contributed by atoms with E-state index in [1.54, 1.807) is 61.5 Å². The first-order chi connectivity index (χ1) is 18.6. The zero-order valence-electron chi connectivity index (χ0n) is 22.8. The maximum Gasteiger partial charge on any atom is 0.264 e. The number of para-hydroxylation sites is 1. The van der Waals surface area contributed by atoms with Gasteiger partial charge >= 0.3 is 0 Å². The Morgan fingerprint density at radius 2 is 1.46 bits per heavy atom. The standard InChI is InChI=1S/C30H36ClN3O4S/c1-5-22(3)32-30(36)23(4)33(20-25-15-10-12-18-27(25)31)29(35)21-34(28-19-13-11-14-24(28)6-2)39(37,38)26-16-8-7-9-17-26/h7-19,22-23H,5-6,20-21H2,1-4H3,(H,32,36)/t22-,23-/m1/s1. The van der Waals surface area contributed by atoms with Gasteiger partial charge in [0.1, 0.15) is 12.6 Å². The molecule has 0 aliphatic rings. The summed E-state index contributed by atoms with van der Waals surface area (Å²) in [5.41, 5.74) is 1.86. The molecule has 0 heterocycles. The Hall–Kier alpha value is -3.36. The molecule has 39 heavy (non-hydrogen) atoms. The van der Waals surface area contributed by atoms with Crippen molar-refractivity contribution in [1.82, 2.24) is 10.2 Å². The SMILES string of the molecule is CCc1ccccc1N(CC(=O)N(Cc1ccccc1Cl)[C@H](C)C(=O)N[C@H](C)CC)S(=O)(=O)c1ccccc1. The summed E-state index contributed by atoms with van der Waals surface area (Å²) >= 11 is 6.41. The van der Waals surface area contributed by atoms with Crippen LogP contribution in [-0.2, 0) is 32.6 Å². The van der Waals surface area contributed by atoms with Gasteiger partial charge in [0.05, 0.1) is 10.6 Å². The van der Waals surface area contributed by atoms with Crippen LogP contribution < -0.4 is 9.62 Å². The second-order valence-electron chi connectivity index (χ2n) is 9.41. The van der Waals surface area contributed by atoms with Crippen molar-refractivity contribution in [3.05, 3.63) is 95.0 Å². The first kappa shape index (κ1) is 30.2. The fourth-order valence-electron chi connectivity index (χ4n) is 4.14. The van der Waals surface area contributed by atoms with Gasteiger partial charge in [-0.2, -0.15) is 0 Å². The van der Waals surface area contributed by atoms with E-state index in [1.807, 2.05) is 32.9 Å². The lowest BCUT2D eigenvalue weighted by atomic mass is 10.1. The number of nitrogens with one attached hydrogen (secondary N) is 1. The summed E-state index contributed by atoms with van der Waals surface area (Å²) in [6, 6.07) is 21.3. The smallest absolute Gasteiger partial charge is 0.264 e. The molecule has 9 heteroatoms. The number of anilines is 1. The van der Waals surface area contributed by atoms with E-state index in [9.17, 15) is 18.0 Å². The lowest BCUT2D eigenvalue weighted by Gasteiger charge is -2.33. The van der Waals surface area contributed by atoms with E-state index in [4.69, 9.17) is 11.6 Å². The topological polar surface area (TPSA) is 86.8 Å². The maximum atomic E-state index is 14.0. The molecule has 208 valence electrons. The van der Waals surface area contributed by atoms with Crippen molar-refractivity contribution in [2.75, 3.05) is 10.8 Å². The van der Waals surface area contributed by atoms with E-state index < -0.39 is 28.5 Å². The first-order valence-corrected chi connectivity index (χ1v) is 14.9. The molecule has 2 amide bonds. The molecule has 0 radical (unpaired) electrons. The third-order valence-electron chi connectivity index (χ3n) is 6.72. The van der Waals surface area contributed by atoms with Crippen molar-refractivity contribution in [2.24, 2.45) is 0 Å². The number of carbonyl (C=O) groups is 2. The minimum Gasteiger partial charge on any atom is -0.352 e. The van der Waals surface area contributed by atoms with Crippen LogP contribution in [0, 0.1) is 0 Å². The fraction of sp³-hybridized carbons (Fsp3) is 0.333. The second kappa shape index (κ2) is 13.6. The predicted molar refractivity (Wildman–Crippen MR) is 156 cm³/mol. The second-order valence-corrected chi connectivity index (χ2v) is 11.7. The Morgan fingerprint density at radius 1 is 0.872 bits per heavy atom. The van der Waals surface area contributed by atoms with Crippen molar-refractivity contribution in [3.8, 4) is 0 Å². The zero-order valence-corrected chi connectivity index (χ0v) is 24.4. The van der Waals surface area contributed by atoms with Crippen LogP contribution in [0.2, 0.25) is 5.02 Å². The molecule has 0 aliphatic heterocycles. The number of nitrogens with zero attached hydrogens (tertiary/aromatic N) is 2. The molecular weight excluding hydrogens is 534 g/mol. The van der Waals surface area contributed by atoms with Gasteiger partial charge in [0.2, 0.25) is 11.8 Å². The van der Waals surface area contributed by atoms with Crippen LogP contribution in [-0.4, -0.2) is 43.8 Å². The molecule has 0 saturated carbocycles. The Kier molecular flexibility index (Phi) is 10.5. The van der Waals surface area contributed by atoms with Gasteiger partial charge in [0, 0.05) is 17.6 Å². The number of benzene rings is 3. The van der Waals surface area contributed by atoms with Crippen molar-refractivity contribution in [1.29, 1.82) is 0 Å². The number of carbonyl (C=O) groups excluding carboxylic acids is 2. The lowest BCUT2D eigenvalue weighted by Crippen LogP contribution is -2.52. The van der Waals surface area contributed by atoms with Crippen LogP contribution in [0.5, 0.6) is 0 Å². The third-order valence-corrected chi connectivity index (χ3v) is 8.86. The highest BCUT2D eigenvalue weighted by atomic mass is 35.5. The lowest BCUT2D eigenvalue weighted by molar-refractivity contribution is -0.139. The maximum absolute atomic E-state index is 14.0. The summed E-state index contributed by atoms with van der Waals surface area (Å²) in [6.07, 6.45) is 1.30. The molecule has 0 aliphatic carbocycles. The van der Waals surface area contributed by atoms with Crippen LogP contribution in [0.15, 0.2) is 83.8 Å². The molecule has 3 aromatic rings. The quantitative estimate of drug-likeness (QED) is 0.315. The van der Waals surface area contributed by atoms with E-state index in [2.05, 4.69) is 5.32 Å². The molecule has 7 nitrogen and oxygen atoms in total. The van der Waals surface area contributed by atoms with Crippen molar-refractivity contribution < 1.29 is 18.0 Å². The molecule has 1 N–H and O–H groups in total. The van der Waals surface area contributed by atoms with Gasteiger partial charge in [-0.1, -0.05) is 80.0 Å². The minimum absolute atomic E-state index is 0.0439. The number of sulfonamides is 1. The molecule has 0 fully saturated rings. The van der Waals surface area contributed by atoms with Crippen LogP contribution in [0.4, 0.5) is 5.69 Å². The van der Waals surface area contributed by atoms with Gasteiger partial charge in [-0.25, -0.2) is 8.42 Å². The van der Waals surface area contributed by atoms with Crippen LogP contribution in [0.1, 0.15) is 45.2 Å². The molecule has 3 rings (SSSR count). The van der Waals surface area contributed by atoms with Crippen LogP contribution >= 0.6 is 11.6 Å². The third kappa shape index (κ3) is 7.40.